The SMILES string of the molecule is CCOC(=O)N1CCC(NC(=O)c2cnn3c(C(F)(F)F)cc(-c4ccc(OC)c(OC)c4)nc23)CC1. The van der Waals surface area contributed by atoms with Crippen molar-refractivity contribution in [2.24, 2.45) is 0 Å². The van der Waals surface area contributed by atoms with Crippen molar-refractivity contribution < 1.29 is 37.0 Å². The summed E-state index contributed by atoms with van der Waals surface area (Å²) in [4.78, 5) is 30.9. The largest absolute Gasteiger partial charge is 0.493 e. The van der Waals surface area contributed by atoms with Gasteiger partial charge in [0.25, 0.3) is 5.91 Å². The highest BCUT2D eigenvalue weighted by Crippen LogP contribution is 2.35. The molecule has 10 nitrogen and oxygen atoms in total. The number of hydrogen-bond donors (Lipinski definition) is 1. The van der Waals surface area contributed by atoms with E-state index in [1.54, 1.807) is 24.0 Å². The van der Waals surface area contributed by atoms with E-state index in [1.165, 1.54) is 20.3 Å². The van der Waals surface area contributed by atoms with Crippen molar-refractivity contribution in [3.8, 4) is 22.8 Å². The molecule has 37 heavy (non-hydrogen) atoms. The molecule has 2 amide bonds. The van der Waals surface area contributed by atoms with Gasteiger partial charge in [-0.3, -0.25) is 4.79 Å². The van der Waals surface area contributed by atoms with Gasteiger partial charge in [-0.2, -0.15) is 18.3 Å². The molecule has 2 aromatic heterocycles. The van der Waals surface area contributed by atoms with Crippen LogP contribution in [0, 0.1) is 0 Å². The Labute approximate surface area is 210 Å². The Morgan fingerprint density at radius 2 is 1.81 bits per heavy atom. The smallest absolute Gasteiger partial charge is 0.433 e. The zero-order chi connectivity index (χ0) is 26.7. The Hall–Kier alpha value is -4.03. The van der Waals surface area contributed by atoms with Crippen LogP contribution in [0.1, 0.15) is 35.8 Å². The van der Waals surface area contributed by atoms with Gasteiger partial charge in [-0.1, -0.05) is 0 Å². The zero-order valence-corrected chi connectivity index (χ0v) is 20.5. The van der Waals surface area contributed by atoms with E-state index < -0.39 is 23.9 Å². The number of ether oxygens (including phenoxy) is 3. The van der Waals surface area contributed by atoms with Crippen LogP contribution in [-0.4, -0.2) is 71.5 Å². The molecule has 0 spiro atoms. The monoisotopic (exact) mass is 521 g/mol. The van der Waals surface area contributed by atoms with Crippen LogP contribution in [0.3, 0.4) is 0 Å². The number of carbonyl (C=O) groups is 2. The number of likely N-dealkylation sites (tertiary alicyclic amines) is 1. The molecule has 1 N–H and O–H groups in total. The van der Waals surface area contributed by atoms with E-state index in [0.29, 0.717) is 47.5 Å². The van der Waals surface area contributed by atoms with Gasteiger partial charge in [-0.25, -0.2) is 14.3 Å². The highest BCUT2D eigenvalue weighted by atomic mass is 19.4. The summed E-state index contributed by atoms with van der Waals surface area (Å²) in [7, 11) is 2.86. The Morgan fingerprint density at radius 3 is 2.43 bits per heavy atom. The number of benzene rings is 1. The topological polar surface area (TPSA) is 107 Å². The van der Waals surface area contributed by atoms with Crippen molar-refractivity contribution in [1.82, 2.24) is 24.8 Å². The van der Waals surface area contributed by atoms with E-state index in [0.717, 1.165) is 12.3 Å². The third kappa shape index (κ3) is 5.39. The van der Waals surface area contributed by atoms with Crippen LogP contribution in [0.4, 0.5) is 18.0 Å². The lowest BCUT2D eigenvalue weighted by Crippen LogP contribution is -2.46. The standard InChI is InChI=1S/C24H26F3N5O5/c1-4-37-23(34)31-9-7-15(8-10-31)29-22(33)16-13-28-32-20(24(25,26)27)12-17(30-21(16)32)14-5-6-18(35-2)19(11-14)36-3/h5-6,11-13,15H,4,7-10H2,1-3H3,(H,29,33). The molecular formula is C24H26F3N5O5. The van der Waals surface area contributed by atoms with Gasteiger partial charge < -0.3 is 24.4 Å². The van der Waals surface area contributed by atoms with Crippen LogP contribution in [0.5, 0.6) is 11.5 Å². The average Bonchev–Trinajstić information content (AvgIpc) is 3.31. The van der Waals surface area contributed by atoms with Crippen molar-refractivity contribution in [2.45, 2.75) is 32.0 Å². The number of rotatable bonds is 6. The second-order valence-electron chi connectivity index (χ2n) is 8.32. The predicted octanol–water partition coefficient (Wildman–Crippen LogP) is 3.78. The molecule has 4 rings (SSSR count). The van der Waals surface area contributed by atoms with Gasteiger partial charge in [0.15, 0.2) is 22.8 Å². The van der Waals surface area contributed by atoms with Crippen molar-refractivity contribution in [2.75, 3.05) is 33.9 Å². The number of amides is 2. The summed E-state index contributed by atoms with van der Waals surface area (Å²) in [5.74, 6) is 0.118. The van der Waals surface area contributed by atoms with Crippen LogP contribution in [-0.2, 0) is 10.9 Å². The second kappa shape index (κ2) is 10.5. The lowest BCUT2D eigenvalue weighted by Gasteiger charge is -2.31. The van der Waals surface area contributed by atoms with Gasteiger partial charge in [-0.15, -0.1) is 0 Å². The number of halogens is 3. The Balaban J connectivity index is 1.64. The quantitative estimate of drug-likeness (QED) is 0.526. The molecular weight excluding hydrogens is 495 g/mol. The van der Waals surface area contributed by atoms with Gasteiger partial charge in [-0.05, 0) is 44.0 Å². The molecule has 0 bridgehead atoms. The number of methoxy groups -OCH3 is 2. The fraction of sp³-hybridized carbons (Fsp3) is 0.417. The highest BCUT2D eigenvalue weighted by Gasteiger charge is 2.36. The lowest BCUT2D eigenvalue weighted by atomic mass is 10.0. The minimum absolute atomic E-state index is 0.0157. The summed E-state index contributed by atoms with van der Waals surface area (Å²) < 4.78 is 57.9. The number of piperidine rings is 1. The van der Waals surface area contributed by atoms with Gasteiger partial charge >= 0.3 is 12.3 Å². The van der Waals surface area contributed by atoms with Crippen molar-refractivity contribution in [3.63, 3.8) is 0 Å². The first kappa shape index (κ1) is 26.0. The van der Waals surface area contributed by atoms with Crippen LogP contribution >= 0.6 is 0 Å². The molecule has 0 aliphatic carbocycles. The number of nitrogens with zero attached hydrogens (tertiary/aromatic N) is 4. The fourth-order valence-electron chi connectivity index (χ4n) is 4.15. The number of fused-ring (bicyclic) bond motifs is 1. The summed E-state index contributed by atoms with van der Waals surface area (Å²) in [6, 6.07) is 5.21. The van der Waals surface area contributed by atoms with Crippen molar-refractivity contribution in [3.05, 3.63) is 41.7 Å². The minimum atomic E-state index is -4.76. The zero-order valence-electron chi connectivity index (χ0n) is 20.5. The molecule has 0 radical (unpaired) electrons. The Bertz CT molecular complexity index is 1300. The van der Waals surface area contributed by atoms with E-state index in [4.69, 9.17) is 14.2 Å². The summed E-state index contributed by atoms with van der Waals surface area (Å²) in [5, 5.41) is 6.64. The van der Waals surface area contributed by atoms with E-state index in [-0.39, 0.29) is 29.6 Å². The van der Waals surface area contributed by atoms with Crippen LogP contribution in [0.25, 0.3) is 16.9 Å². The first-order chi connectivity index (χ1) is 17.7. The van der Waals surface area contributed by atoms with Crippen molar-refractivity contribution >= 4 is 17.6 Å². The normalized spacial score (nSPS) is 14.5. The molecule has 3 aromatic rings. The van der Waals surface area contributed by atoms with E-state index in [2.05, 4.69) is 15.4 Å². The molecule has 3 heterocycles. The van der Waals surface area contributed by atoms with E-state index in [1.807, 2.05) is 0 Å². The molecule has 0 unspecified atom stereocenters. The van der Waals surface area contributed by atoms with E-state index in [9.17, 15) is 22.8 Å². The third-order valence-electron chi connectivity index (χ3n) is 6.04. The summed E-state index contributed by atoms with van der Waals surface area (Å²) in [6.07, 6.45) is -3.16. The molecule has 1 fully saturated rings. The van der Waals surface area contributed by atoms with Crippen LogP contribution in [0.15, 0.2) is 30.5 Å². The number of alkyl halides is 3. The molecule has 198 valence electrons. The Kier molecular flexibility index (Phi) is 7.41. The highest BCUT2D eigenvalue weighted by molar-refractivity contribution is 6.00. The first-order valence-electron chi connectivity index (χ1n) is 11.6. The molecule has 0 saturated carbocycles. The number of carbonyl (C=O) groups excluding carboxylic acids is 2. The molecule has 0 atom stereocenters. The van der Waals surface area contributed by atoms with Crippen LogP contribution in [0.2, 0.25) is 0 Å². The lowest BCUT2D eigenvalue weighted by molar-refractivity contribution is -0.142. The predicted molar refractivity (Wildman–Crippen MR) is 126 cm³/mol. The van der Waals surface area contributed by atoms with Crippen LogP contribution < -0.4 is 14.8 Å². The number of hydrogen-bond acceptors (Lipinski definition) is 7. The second-order valence-corrected chi connectivity index (χ2v) is 8.32. The average molecular weight is 521 g/mol. The molecule has 13 heteroatoms. The maximum absolute atomic E-state index is 13.9. The minimum Gasteiger partial charge on any atom is -0.493 e. The van der Waals surface area contributed by atoms with Gasteiger partial charge in [0.1, 0.15) is 5.56 Å². The maximum Gasteiger partial charge on any atom is 0.433 e. The van der Waals surface area contributed by atoms with Gasteiger partial charge in [0, 0.05) is 24.7 Å². The van der Waals surface area contributed by atoms with Gasteiger partial charge in [0.2, 0.25) is 0 Å². The Morgan fingerprint density at radius 1 is 1.11 bits per heavy atom. The molecule has 1 saturated heterocycles. The maximum atomic E-state index is 13.9. The number of nitrogens with one attached hydrogen (secondary N) is 1. The number of aromatic nitrogens is 3. The molecule has 1 aliphatic rings. The molecule has 1 aliphatic heterocycles. The fourth-order valence-corrected chi connectivity index (χ4v) is 4.15. The van der Waals surface area contributed by atoms with E-state index >= 15 is 0 Å². The molecule has 1 aromatic carbocycles. The summed E-state index contributed by atoms with van der Waals surface area (Å²) in [6.45, 7) is 2.76. The summed E-state index contributed by atoms with van der Waals surface area (Å²) >= 11 is 0. The first-order valence-corrected chi connectivity index (χ1v) is 11.6. The third-order valence-corrected chi connectivity index (χ3v) is 6.04. The van der Waals surface area contributed by atoms with Crippen molar-refractivity contribution in [1.29, 1.82) is 0 Å². The van der Waals surface area contributed by atoms with Gasteiger partial charge in [0.05, 0.1) is 32.7 Å². The summed E-state index contributed by atoms with van der Waals surface area (Å²) in [5.41, 5.74) is -1.09.